The van der Waals surface area contributed by atoms with Crippen LogP contribution in [0, 0.1) is 0 Å². The summed E-state index contributed by atoms with van der Waals surface area (Å²) < 4.78 is 0. The van der Waals surface area contributed by atoms with E-state index in [0.717, 1.165) is 0 Å². The van der Waals surface area contributed by atoms with E-state index in [9.17, 15) is 19.2 Å². The van der Waals surface area contributed by atoms with Crippen molar-refractivity contribution in [2.75, 3.05) is 13.1 Å². The van der Waals surface area contributed by atoms with E-state index in [-0.39, 0.29) is 150 Å². The fraction of sp³-hybridized carbons (Fsp3) is 0.600. The molecule has 0 spiro atoms. The number of nitrogens with two attached hydrogens (primary N) is 2. The van der Waals surface area contributed by atoms with Crippen LogP contribution in [0.1, 0.15) is 31.4 Å². The molecule has 0 amide bonds. The molecule has 0 saturated heterocycles. The van der Waals surface area contributed by atoms with Gasteiger partial charge >= 0.3 is 142 Å². The number of hydrogen-bond donors (Lipinski definition) is 6. The molecule has 0 bridgehead atoms. The molecule has 0 saturated carbocycles. The topological polar surface area (TPSA) is 201 Å². The molecule has 0 aromatic carbocycles. The Morgan fingerprint density at radius 1 is 0.542 bits per heavy atom. The smallest absolute Gasteiger partial charge is 1.00 e. The predicted octanol–water partition coefficient (Wildman–Crippen LogP) is -12.8. The van der Waals surface area contributed by atoms with Gasteiger partial charge in [0.25, 0.3) is 0 Å². The summed E-state index contributed by atoms with van der Waals surface area (Å²) in [6.45, 7) is 1.19. The fourth-order valence-corrected chi connectivity index (χ4v) is 0.428. The molecule has 126 valence electrons. The summed E-state index contributed by atoms with van der Waals surface area (Å²) in [5, 5.41) is 31.6. The number of carboxylic acid groups (broad SMARTS) is 4. The van der Waals surface area contributed by atoms with E-state index < -0.39 is 23.9 Å². The van der Waals surface area contributed by atoms with Gasteiger partial charge in [-0.05, 0) is 0 Å². The molecule has 0 aromatic rings. The first kappa shape index (κ1) is 44.9. The quantitative estimate of drug-likeness (QED) is 0.226. The Balaban J connectivity index is -0.0000000156. The molecule has 24 heavy (non-hydrogen) atoms. The van der Waals surface area contributed by atoms with Crippen molar-refractivity contribution in [3.63, 3.8) is 0 Å². The van der Waals surface area contributed by atoms with Crippen LogP contribution < -0.4 is 130 Å². The summed E-state index contributed by atoms with van der Waals surface area (Å²) in [5.41, 5.74) is 9.81. The van der Waals surface area contributed by atoms with Gasteiger partial charge in [0.05, 0.1) is 25.7 Å². The predicted molar refractivity (Wildman–Crippen MR) is 71.6 cm³/mol. The zero-order chi connectivity index (χ0) is 16.6. The van der Waals surface area contributed by atoms with Gasteiger partial charge in [0.2, 0.25) is 0 Å². The third kappa shape index (κ3) is 75.5. The standard InChI is InChI=1S/2C4H6O4.C2H8N2.4Na.4H/c2*5-3(6)1-2-4(7)8;3-1-2-4;;;;;;;;/h2*1-2H2,(H,5,6)(H,7,8);1-4H2;;;;;;;;/q;;;4*+1;4*-1. The zero-order valence-electron chi connectivity index (χ0n) is 18.8. The SMILES string of the molecule is NCCN.O=C(O)CCC(=O)O.O=C(O)CCC(=O)O.[H-].[H-].[H-].[H-].[Na+].[Na+].[Na+].[Na+]. The van der Waals surface area contributed by atoms with Gasteiger partial charge in [0.1, 0.15) is 0 Å². The van der Waals surface area contributed by atoms with E-state index in [1.54, 1.807) is 0 Å². The van der Waals surface area contributed by atoms with Crippen LogP contribution in [0.4, 0.5) is 0 Å². The Hall–Kier alpha value is 1.80. The van der Waals surface area contributed by atoms with Gasteiger partial charge in [0, 0.05) is 13.1 Å². The third-order valence-corrected chi connectivity index (χ3v) is 1.27. The summed E-state index contributed by atoms with van der Waals surface area (Å²) in [6, 6.07) is 0. The molecule has 0 aliphatic heterocycles. The van der Waals surface area contributed by atoms with Crippen molar-refractivity contribution >= 4 is 23.9 Å². The largest absolute Gasteiger partial charge is 1.00 e. The number of rotatable bonds is 7. The minimum absolute atomic E-state index is 0. The molecule has 0 heterocycles. The number of carbonyl (C=O) groups is 4. The Labute approximate surface area is 234 Å². The molecule has 0 atom stereocenters. The van der Waals surface area contributed by atoms with E-state index in [1.807, 2.05) is 0 Å². The molecule has 10 nitrogen and oxygen atoms in total. The van der Waals surface area contributed by atoms with E-state index in [0.29, 0.717) is 13.1 Å². The van der Waals surface area contributed by atoms with Crippen molar-refractivity contribution < 1.29 is 164 Å². The van der Waals surface area contributed by atoms with Gasteiger partial charge in [-0.2, -0.15) is 0 Å². The van der Waals surface area contributed by atoms with Crippen LogP contribution in [-0.2, 0) is 19.2 Å². The number of carboxylic acids is 4. The summed E-state index contributed by atoms with van der Waals surface area (Å²) in [7, 11) is 0. The van der Waals surface area contributed by atoms with Gasteiger partial charge in [0.15, 0.2) is 0 Å². The minimum Gasteiger partial charge on any atom is -1.00 e. The normalized spacial score (nSPS) is 6.92. The van der Waals surface area contributed by atoms with Gasteiger partial charge in [-0.3, -0.25) is 19.2 Å². The minimum atomic E-state index is -1.08. The van der Waals surface area contributed by atoms with Gasteiger partial charge in [-0.1, -0.05) is 0 Å². The van der Waals surface area contributed by atoms with Crippen LogP contribution in [0.3, 0.4) is 0 Å². The Bertz CT molecular complexity index is 280. The molecule has 0 radical (unpaired) electrons. The maximum atomic E-state index is 9.64. The molecule has 0 aliphatic rings. The maximum Gasteiger partial charge on any atom is 1.00 e. The molecular formula is C10H24N2Na4O8. The zero-order valence-corrected chi connectivity index (χ0v) is 22.8. The van der Waals surface area contributed by atoms with E-state index in [4.69, 9.17) is 31.9 Å². The summed E-state index contributed by atoms with van der Waals surface area (Å²) in [6.07, 6.45) is -1.19. The van der Waals surface area contributed by atoms with Crippen LogP contribution in [0.15, 0.2) is 0 Å². The molecule has 14 heteroatoms. The third-order valence-electron chi connectivity index (χ3n) is 1.27. The fourth-order valence-electron chi connectivity index (χ4n) is 0.428. The van der Waals surface area contributed by atoms with Crippen LogP contribution >= 0.6 is 0 Å². The van der Waals surface area contributed by atoms with Gasteiger partial charge < -0.3 is 37.6 Å². The molecule has 0 rings (SSSR count). The molecule has 0 unspecified atom stereocenters. The van der Waals surface area contributed by atoms with Gasteiger partial charge in [-0.25, -0.2) is 0 Å². The molecule has 8 N–H and O–H groups in total. The van der Waals surface area contributed by atoms with Crippen molar-refractivity contribution in [2.24, 2.45) is 11.5 Å². The monoisotopic (exact) mass is 392 g/mol. The number of aliphatic carboxylic acids is 4. The van der Waals surface area contributed by atoms with Crippen LogP contribution in [-0.4, -0.2) is 57.4 Å². The van der Waals surface area contributed by atoms with Crippen LogP contribution in [0.5, 0.6) is 0 Å². The second-order valence-corrected chi connectivity index (χ2v) is 3.15. The van der Waals surface area contributed by atoms with Gasteiger partial charge in [-0.15, -0.1) is 0 Å². The molecule has 0 aliphatic carbocycles. The number of hydrogen-bond acceptors (Lipinski definition) is 6. The summed E-state index contributed by atoms with van der Waals surface area (Å²) in [5.74, 6) is -4.31. The summed E-state index contributed by atoms with van der Waals surface area (Å²) in [4.78, 5) is 38.6. The van der Waals surface area contributed by atoms with E-state index >= 15 is 0 Å². The molecular weight excluding hydrogens is 368 g/mol. The Morgan fingerprint density at radius 2 is 0.667 bits per heavy atom. The second kappa shape index (κ2) is 35.8. The van der Waals surface area contributed by atoms with Crippen molar-refractivity contribution in [3.8, 4) is 0 Å². The van der Waals surface area contributed by atoms with E-state index in [1.165, 1.54) is 0 Å². The first-order chi connectivity index (χ1) is 9.17. The van der Waals surface area contributed by atoms with Crippen molar-refractivity contribution in [2.45, 2.75) is 25.7 Å². The first-order valence-electron chi connectivity index (χ1n) is 5.44. The Morgan fingerprint density at radius 3 is 0.708 bits per heavy atom. The maximum absolute atomic E-state index is 9.64. The van der Waals surface area contributed by atoms with Crippen molar-refractivity contribution in [1.82, 2.24) is 0 Å². The molecule has 0 fully saturated rings. The van der Waals surface area contributed by atoms with Crippen LogP contribution in [0.2, 0.25) is 0 Å². The first-order valence-corrected chi connectivity index (χ1v) is 5.44. The molecule has 0 aromatic heterocycles. The van der Waals surface area contributed by atoms with Crippen molar-refractivity contribution in [1.29, 1.82) is 0 Å². The Kier molecular flexibility index (Phi) is 67.0. The summed E-state index contributed by atoms with van der Waals surface area (Å²) >= 11 is 0. The van der Waals surface area contributed by atoms with E-state index in [2.05, 4.69) is 0 Å². The average Bonchev–Trinajstić information content (AvgIpc) is 2.35. The second-order valence-electron chi connectivity index (χ2n) is 3.15. The van der Waals surface area contributed by atoms with Crippen LogP contribution in [0.25, 0.3) is 0 Å². The van der Waals surface area contributed by atoms with Crippen molar-refractivity contribution in [3.05, 3.63) is 0 Å². The average molecular weight is 392 g/mol.